The molecule has 43 heavy (non-hydrogen) atoms. The standard InChI is InChI=1S/C37H52N2O3S/c1-3-5-7-9-11-13-15-17-19-30-21-25-32(26-22-30)38-37-39(36(42)34(43-37)29-35(40)41)33-27-23-31(24-28-33)20-18-16-14-12-10-8-6-4-2/h21-29H,3-20H2,1-2H3,(H,40,41)/b34-29-,38-37?. The van der Waals surface area contributed by atoms with Crippen LogP contribution in [-0.4, -0.2) is 22.2 Å². The number of amidine groups is 1. The quantitative estimate of drug-likeness (QED) is 0.114. The minimum Gasteiger partial charge on any atom is -0.478 e. The van der Waals surface area contributed by atoms with E-state index in [2.05, 4.69) is 38.1 Å². The second kappa shape index (κ2) is 20.2. The van der Waals surface area contributed by atoms with Crippen LogP contribution in [0.4, 0.5) is 11.4 Å². The Morgan fingerprint density at radius 1 is 0.698 bits per heavy atom. The van der Waals surface area contributed by atoms with Crippen molar-refractivity contribution in [3.05, 3.63) is 70.6 Å². The summed E-state index contributed by atoms with van der Waals surface area (Å²) in [6.07, 6.45) is 23.9. The Balaban J connectivity index is 1.57. The molecule has 1 heterocycles. The first-order chi connectivity index (χ1) is 21.0. The van der Waals surface area contributed by atoms with Gasteiger partial charge in [-0.1, -0.05) is 128 Å². The first-order valence-electron chi connectivity index (χ1n) is 16.7. The summed E-state index contributed by atoms with van der Waals surface area (Å²) in [5, 5.41) is 9.79. The maximum atomic E-state index is 13.3. The Kier molecular flexibility index (Phi) is 16.2. The fourth-order valence-corrected chi connectivity index (χ4v) is 6.44. The van der Waals surface area contributed by atoms with Crippen LogP contribution in [-0.2, 0) is 22.4 Å². The predicted molar refractivity (Wildman–Crippen MR) is 183 cm³/mol. The summed E-state index contributed by atoms with van der Waals surface area (Å²) in [5.41, 5.74) is 4.00. The van der Waals surface area contributed by atoms with Crippen molar-refractivity contribution in [1.82, 2.24) is 0 Å². The first kappa shape index (κ1) is 34.6. The summed E-state index contributed by atoms with van der Waals surface area (Å²) in [6, 6.07) is 16.2. The van der Waals surface area contributed by atoms with Crippen molar-refractivity contribution in [1.29, 1.82) is 0 Å². The van der Waals surface area contributed by atoms with Crippen LogP contribution >= 0.6 is 11.8 Å². The normalized spacial score (nSPS) is 15.2. The lowest BCUT2D eigenvalue weighted by Gasteiger charge is -2.16. The zero-order chi connectivity index (χ0) is 30.7. The Labute approximate surface area is 264 Å². The Hall–Kier alpha value is -2.86. The van der Waals surface area contributed by atoms with Crippen molar-refractivity contribution in [3.8, 4) is 0 Å². The molecule has 234 valence electrons. The van der Waals surface area contributed by atoms with E-state index in [1.165, 1.54) is 119 Å². The fourth-order valence-electron chi connectivity index (χ4n) is 5.47. The van der Waals surface area contributed by atoms with Crippen LogP contribution in [0.2, 0.25) is 0 Å². The number of benzene rings is 2. The summed E-state index contributed by atoms with van der Waals surface area (Å²) in [5.74, 6) is -1.49. The van der Waals surface area contributed by atoms with Crippen LogP contribution in [0.3, 0.4) is 0 Å². The van der Waals surface area contributed by atoms with Crippen molar-refractivity contribution in [3.63, 3.8) is 0 Å². The van der Waals surface area contributed by atoms with Crippen molar-refractivity contribution in [2.45, 2.75) is 129 Å². The molecule has 1 fully saturated rings. The molecule has 3 rings (SSSR count). The molecule has 2 aromatic rings. The van der Waals surface area contributed by atoms with Crippen LogP contribution in [0.15, 0.2) is 64.5 Å². The number of aryl methyl sites for hydroxylation is 2. The fraction of sp³-hybridized carbons (Fsp3) is 0.541. The highest BCUT2D eigenvalue weighted by molar-refractivity contribution is 8.19. The zero-order valence-electron chi connectivity index (χ0n) is 26.5. The molecule has 0 unspecified atom stereocenters. The number of carboxylic acid groups (broad SMARTS) is 1. The van der Waals surface area contributed by atoms with Gasteiger partial charge in [-0.25, -0.2) is 9.79 Å². The molecule has 0 spiro atoms. The second-order valence-electron chi connectivity index (χ2n) is 11.8. The summed E-state index contributed by atoms with van der Waals surface area (Å²) in [7, 11) is 0. The van der Waals surface area contributed by atoms with E-state index < -0.39 is 5.97 Å². The van der Waals surface area contributed by atoms with Crippen molar-refractivity contribution >= 4 is 40.2 Å². The Morgan fingerprint density at radius 2 is 1.14 bits per heavy atom. The smallest absolute Gasteiger partial charge is 0.329 e. The van der Waals surface area contributed by atoms with E-state index in [0.717, 1.165) is 36.4 Å². The molecule has 0 bridgehead atoms. The highest BCUT2D eigenvalue weighted by Crippen LogP contribution is 2.36. The summed E-state index contributed by atoms with van der Waals surface area (Å²) >= 11 is 1.11. The summed E-state index contributed by atoms with van der Waals surface area (Å²) in [6.45, 7) is 4.50. The highest BCUT2D eigenvalue weighted by Gasteiger charge is 2.35. The van der Waals surface area contributed by atoms with Crippen LogP contribution < -0.4 is 4.90 Å². The van der Waals surface area contributed by atoms with E-state index in [4.69, 9.17) is 4.99 Å². The SMILES string of the molecule is CCCCCCCCCCc1ccc(N=C2S/C(=C\C(=O)O)C(=O)N2c2ccc(CCCCCCCCCC)cc2)cc1. The number of carbonyl (C=O) groups excluding carboxylic acids is 1. The second-order valence-corrected chi connectivity index (χ2v) is 12.8. The lowest BCUT2D eigenvalue weighted by atomic mass is 10.0. The maximum Gasteiger partial charge on any atom is 0.329 e. The van der Waals surface area contributed by atoms with Gasteiger partial charge in [-0.2, -0.15) is 0 Å². The number of nitrogens with zero attached hydrogens (tertiary/aromatic N) is 2. The number of hydrogen-bond acceptors (Lipinski definition) is 4. The molecule has 0 aromatic heterocycles. The van der Waals surface area contributed by atoms with Gasteiger partial charge in [0.2, 0.25) is 0 Å². The number of thioether (sulfide) groups is 1. The first-order valence-corrected chi connectivity index (χ1v) is 17.6. The van der Waals surface area contributed by atoms with Crippen LogP contribution in [0, 0.1) is 0 Å². The van der Waals surface area contributed by atoms with Gasteiger partial charge in [0.15, 0.2) is 5.17 Å². The van der Waals surface area contributed by atoms with Gasteiger partial charge >= 0.3 is 5.97 Å². The van der Waals surface area contributed by atoms with Crippen molar-refractivity contribution in [2.24, 2.45) is 4.99 Å². The number of hydrogen-bond donors (Lipinski definition) is 1. The van der Waals surface area contributed by atoms with E-state index in [9.17, 15) is 14.7 Å². The monoisotopic (exact) mass is 604 g/mol. The van der Waals surface area contributed by atoms with Crippen LogP contribution in [0.1, 0.15) is 128 Å². The number of unbranched alkanes of at least 4 members (excludes halogenated alkanes) is 14. The molecule has 1 amide bonds. The molecule has 0 radical (unpaired) electrons. The number of carbonyl (C=O) groups is 2. The molecule has 1 aliphatic rings. The maximum absolute atomic E-state index is 13.3. The molecule has 0 atom stereocenters. The lowest BCUT2D eigenvalue weighted by molar-refractivity contribution is -0.131. The number of aliphatic carboxylic acids is 1. The van der Waals surface area contributed by atoms with E-state index in [0.29, 0.717) is 10.9 Å². The number of amides is 1. The summed E-state index contributed by atoms with van der Waals surface area (Å²) in [4.78, 5) is 31.1. The third-order valence-corrected chi connectivity index (χ3v) is 9.02. The molecule has 6 heteroatoms. The number of carboxylic acids is 1. The van der Waals surface area contributed by atoms with Crippen molar-refractivity contribution < 1.29 is 14.7 Å². The predicted octanol–water partition coefficient (Wildman–Crippen LogP) is 10.8. The summed E-state index contributed by atoms with van der Waals surface area (Å²) < 4.78 is 0. The average Bonchev–Trinajstić information content (AvgIpc) is 3.30. The molecule has 5 nitrogen and oxygen atoms in total. The average molecular weight is 605 g/mol. The topological polar surface area (TPSA) is 70.0 Å². The van der Waals surface area contributed by atoms with Gasteiger partial charge in [0.1, 0.15) is 0 Å². The van der Waals surface area contributed by atoms with E-state index in [-0.39, 0.29) is 10.8 Å². The third-order valence-electron chi connectivity index (χ3n) is 8.05. The molecule has 1 saturated heterocycles. The molecule has 0 saturated carbocycles. The van der Waals surface area contributed by atoms with Gasteiger partial charge in [0.05, 0.1) is 16.3 Å². The molecule has 1 aliphatic heterocycles. The Bertz CT molecular complexity index is 1170. The zero-order valence-corrected chi connectivity index (χ0v) is 27.3. The Morgan fingerprint density at radius 3 is 1.60 bits per heavy atom. The highest BCUT2D eigenvalue weighted by atomic mass is 32.2. The minimum absolute atomic E-state index is 0.167. The van der Waals surface area contributed by atoms with Crippen LogP contribution in [0.25, 0.3) is 0 Å². The molecule has 1 N–H and O–H groups in total. The molecule has 2 aromatic carbocycles. The third kappa shape index (κ3) is 12.7. The van der Waals surface area contributed by atoms with Gasteiger partial charge < -0.3 is 5.11 Å². The molecular weight excluding hydrogens is 552 g/mol. The van der Waals surface area contributed by atoms with E-state index in [1.807, 2.05) is 24.3 Å². The lowest BCUT2D eigenvalue weighted by Crippen LogP contribution is -2.28. The molecule has 0 aliphatic carbocycles. The largest absolute Gasteiger partial charge is 0.478 e. The van der Waals surface area contributed by atoms with Gasteiger partial charge in [-0.05, 0) is 72.8 Å². The van der Waals surface area contributed by atoms with Gasteiger partial charge in [0.25, 0.3) is 5.91 Å². The van der Waals surface area contributed by atoms with Crippen molar-refractivity contribution in [2.75, 3.05) is 4.90 Å². The van der Waals surface area contributed by atoms with Crippen LogP contribution in [0.5, 0.6) is 0 Å². The minimum atomic E-state index is -1.14. The number of anilines is 1. The van der Waals surface area contributed by atoms with Gasteiger partial charge in [-0.15, -0.1) is 0 Å². The van der Waals surface area contributed by atoms with Gasteiger partial charge in [-0.3, -0.25) is 9.69 Å². The number of aliphatic imine (C=N–C) groups is 1. The van der Waals surface area contributed by atoms with Gasteiger partial charge in [0, 0.05) is 6.08 Å². The molecular formula is C37H52N2O3S. The van der Waals surface area contributed by atoms with E-state index >= 15 is 0 Å². The van der Waals surface area contributed by atoms with E-state index in [1.54, 1.807) is 0 Å². The number of rotatable bonds is 21.